The van der Waals surface area contributed by atoms with Gasteiger partial charge in [-0.3, -0.25) is 4.79 Å². The summed E-state index contributed by atoms with van der Waals surface area (Å²) in [5.74, 6) is 0.150. The molecule has 0 bridgehead atoms. The molecule has 3 N–H and O–H groups in total. The van der Waals surface area contributed by atoms with Crippen LogP contribution < -0.4 is 11.1 Å². The molecule has 0 saturated heterocycles. The molecule has 0 heterocycles. The summed E-state index contributed by atoms with van der Waals surface area (Å²) in [6.45, 7) is 3.07. The summed E-state index contributed by atoms with van der Waals surface area (Å²) in [5.41, 5.74) is 6.00. The van der Waals surface area contributed by atoms with Gasteiger partial charge in [0.1, 0.15) is 0 Å². The van der Waals surface area contributed by atoms with Gasteiger partial charge in [0.25, 0.3) is 0 Å². The number of unbranched alkanes of at least 4 members (excludes halogenated alkanes) is 7. The van der Waals surface area contributed by atoms with E-state index in [1.165, 1.54) is 57.8 Å². The highest BCUT2D eigenvalue weighted by Crippen LogP contribution is 2.29. The van der Waals surface area contributed by atoms with E-state index in [2.05, 4.69) is 12.2 Å². The molecule has 1 aliphatic carbocycles. The van der Waals surface area contributed by atoms with Crippen LogP contribution in [0.1, 0.15) is 90.4 Å². The van der Waals surface area contributed by atoms with Crippen molar-refractivity contribution < 1.29 is 4.79 Å². The van der Waals surface area contributed by atoms with Gasteiger partial charge in [-0.15, -0.1) is 0 Å². The second kappa shape index (κ2) is 10.2. The Morgan fingerprint density at radius 1 is 1.00 bits per heavy atom. The third-order valence-corrected chi connectivity index (χ3v) is 4.46. The van der Waals surface area contributed by atoms with Gasteiger partial charge in [-0.25, -0.2) is 0 Å². The highest BCUT2D eigenvalue weighted by molar-refractivity contribution is 5.77. The molecule has 118 valence electrons. The highest BCUT2D eigenvalue weighted by Gasteiger charge is 2.31. The molecule has 3 nitrogen and oxygen atoms in total. The molecule has 0 radical (unpaired) electrons. The van der Waals surface area contributed by atoms with Crippen molar-refractivity contribution in [3.63, 3.8) is 0 Å². The molecule has 3 heteroatoms. The van der Waals surface area contributed by atoms with Crippen molar-refractivity contribution in [1.82, 2.24) is 5.32 Å². The van der Waals surface area contributed by atoms with Gasteiger partial charge in [-0.2, -0.15) is 0 Å². The Morgan fingerprint density at radius 2 is 1.55 bits per heavy atom. The van der Waals surface area contributed by atoms with Crippen molar-refractivity contribution in [3.8, 4) is 0 Å². The predicted octanol–water partition coefficient (Wildman–Crippen LogP) is 3.90. The maximum absolute atomic E-state index is 11.8. The van der Waals surface area contributed by atoms with Crippen LogP contribution in [0.2, 0.25) is 0 Å². The molecule has 0 aromatic heterocycles. The summed E-state index contributed by atoms with van der Waals surface area (Å²) >= 11 is 0. The Balaban J connectivity index is 1.89. The molecular formula is C17H34N2O. The standard InChI is InChI=1S/C17H34N2O/c1-2-3-4-5-6-7-8-11-14-19-16(20)15-17(18)12-9-10-13-17/h2-15,18H2,1H3,(H,19,20). The van der Waals surface area contributed by atoms with Gasteiger partial charge in [-0.1, -0.05) is 64.7 Å². The van der Waals surface area contributed by atoms with Crippen molar-refractivity contribution >= 4 is 5.91 Å². The normalized spacial score (nSPS) is 17.3. The van der Waals surface area contributed by atoms with E-state index >= 15 is 0 Å². The van der Waals surface area contributed by atoms with Crippen molar-refractivity contribution in [3.05, 3.63) is 0 Å². The van der Waals surface area contributed by atoms with E-state index in [0.717, 1.165) is 25.8 Å². The Kier molecular flexibility index (Phi) is 8.92. The number of hydrogen-bond donors (Lipinski definition) is 2. The third kappa shape index (κ3) is 7.88. The zero-order valence-corrected chi connectivity index (χ0v) is 13.4. The van der Waals surface area contributed by atoms with E-state index in [1.807, 2.05) is 0 Å². The van der Waals surface area contributed by atoms with Crippen LogP contribution in [-0.2, 0) is 4.79 Å². The number of nitrogens with two attached hydrogens (primary N) is 1. The summed E-state index contributed by atoms with van der Waals surface area (Å²) in [6, 6.07) is 0. The number of carbonyl (C=O) groups is 1. The van der Waals surface area contributed by atoms with E-state index in [-0.39, 0.29) is 11.4 Å². The van der Waals surface area contributed by atoms with E-state index < -0.39 is 0 Å². The largest absolute Gasteiger partial charge is 0.356 e. The number of rotatable bonds is 11. The molecule has 0 aromatic carbocycles. The fourth-order valence-corrected chi connectivity index (χ4v) is 3.12. The van der Waals surface area contributed by atoms with Crippen LogP contribution in [0.4, 0.5) is 0 Å². The van der Waals surface area contributed by atoms with Gasteiger partial charge in [0.05, 0.1) is 0 Å². The second-order valence-electron chi connectivity index (χ2n) is 6.57. The van der Waals surface area contributed by atoms with Crippen LogP contribution in [0.5, 0.6) is 0 Å². The number of nitrogens with one attached hydrogen (secondary N) is 1. The van der Waals surface area contributed by atoms with Gasteiger partial charge in [0.2, 0.25) is 5.91 Å². The molecule has 20 heavy (non-hydrogen) atoms. The fraction of sp³-hybridized carbons (Fsp3) is 0.941. The van der Waals surface area contributed by atoms with Crippen molar-refractivity contribution in [2.45, 2.75) is 95.9 Å². The van der Waals surface area contributed by atoms with E-state index in [1.54, 1.807) is 0 Å². The molecule has 0 aliphatic heterocycles. The summed E-state index contributed by atoms with van der Waals surface area (Å²) in [4.78, 5) is 11.8. The molecule has 1 rings (SSSR count). The van der Waals surface area contributed by atoms with Gasteiger partial charge in [-0.05, 0) is 19.3 Å². The van der Waals surface area contributed by atoms with Gasteiger partial charge in [0.15, 0.2) is 0 Å². The van der Waals surface area contributed by atoms with E-state index in [4.69, 9.17) is 5.73 Å². The zero-order chi connectivity index (χ0) is 14.7. The third-order valence-electron chi connectivity index (χ3n) is 4.46. The lowest BCUT2D eigenvalue weighted by Crippen LogP contribution is -2.42. The second-order valence-corrected chi connectivity index (χ2v) is 6.57. The van der Waals surface area contributed by atoms with Crippen LogP contribution in [0, 0.1) is 0 Å². The average molecular weight is 282 g/mol. The lowest BCUT2D eigenvalue weighted by Gasteiger charge is -2.22. The Bertz CT molecular complexity index is 260. The molecule has 0 aromatic rings. The van der Waals surface area contributed by atoms with Crippen molar-refractivity contribution in [2.75, 3.05) is 6.54 Å². The molecule has 0 unspecified atom stereocenters. The minimum absolute atomic E-state index is 0.150. The summed E-state index contributed by atoms with van der Waals surface area (Å²) in [5, 5.41) is 3.03. The molecule has 0 spiro atoms. The van der Waals surface area contributed by atoms with Crippen LogP contribution in [-0.4, -0.2) is 18.0 Å². The lowest BCUT2D eigenvalue weighted by molar-refractivity contribution is -0.122. The average Bonchev–Trinajstić information content (AvgIpc) is 2.83. The number of amides is 1. The molecule has 1 fully saturated rings. The molecule has 1 amide bonds. The van der Waals surface area contributed by atoms with Crippen LogP contribution in [0.25, 0.3) is 0 Å². The van der Waals surface area contributed by atoms with Gasteiger partial charge < -0.3 is 11.1 Å². The smallest absolute Gasteiger partial charge is 0.221 e. The zero-order valence-electron chi connectivity index (χ0n) is 13.4. The molecular weight excluding hydrogens is 248 g/mol. The quantitative estimate of drug-likeness (QED) is 0.565. The summed E-state index contributed by atoms with van der Waals surface area (Å²) in [7, 11) is 0. The minimum atomic E-state index is -0.205. The molecule has 0 atom stereocenters. The number of carbonyl (C=O) groups excluding carboxylic acids is 1. The first kappa shape index (κ1) is 17.5. The summed E-state index contributed by atoms with van der Waals surface area (Å²) < 4.78 is 0. The first-order chi connectivity index (χ1) is 9.66. The first-order valence-corrected chi connectivity index (χ1v) is 8.72. The van der Waals surface area contributed by atoms with Gasteiger partial charge >= 0.3 is 0 Å². The molecule has 1 aliphatic rings. The highest BCUT2D eigenvalue weighted by atomic mass is 16.1. The fourth-order valence-electron chi connectivity index (χ4n) is 3.12. The predicted molar refractivity (Wildman–Crippen MR) is 85.6 cm³/mol. The maximum Gasteiger partial charge on any atom is 0.221 e. The lowest BCUT2D eigenvalue weighted by atomic mass is 9.94. The monoisotopic (exact) mass is 282 g/mol. The molecule has 1 saturated carbocycles. The maximum atomic E-state index is 11.8. The minimum Gasteiger partial charge on any atom is -0.356 e. The Labute approximate surface area is 125 Å². The van der Waals surface area contributed by atoms with E-state index in [9.17, 15) is 4.79 Å². The number of hydrogen-bond acceptors (Lipinski definition) is 2. The first-order valence-electron chi connectivity index (χ1n) is 8.72. The SMILES string of the molecule is CCCCCCCCCCNC(=O)CC1(N)CCCC1. The Hall–Kier alpha value is -0.570. The van der Waals surface area contributed by atoms with Crippen molar-refractivity contribution in [1.29, 1.82) is 0 Å². The van der Waals surface area contributed by atoms with Crippen LogP contribution in [0.3, 0.4) is 0 Å². The van der Waals surface area contributed by atoms with Crippen LogP contribution >= 0.6 is 0 Å². The van der Waals surface area contributed by atoms with Crippen molar-refractivity contribution in [2.24, 2.45) is 5.73 Å². The summed E-state index contributed by atoms with van der Waals surface area (Å²) in [6.07, 6.45) is 15.3. The van der Waals surface area contributed by atoms with Gasteiger partial charge in [0, 0.05) is 18.5 Å². The van der Waals surface area contributed by atoms with E-state index in [0.29, 0.717) is 6.42 Å². The van der Waals surface area contributed by atoms with Crippen LogP contribution in [0.15, 0.2) is 0 Å². The topological polar surface area (TPSA) is 55.1 Å². The Morgan fingerprint density at radius 3 is 2.15 bits per heavy atom.